The van der Waals surface area contributed by atoms with Gasteiger partial charge in [-0.3, -0.25) is 0 Å². The van der Waals surface area contributed by atoms with Crippen LogP contribution >= 0.6 is 0 Å². The van der Waals surface area contributed by atoms with E-state index in [1.165, 1.54) is 38.9 Å². The number of aromatic nitrogens is 3. The predicted octanol–water partition coefficient (Wildman–Crippen LogP) is 5.48. The zero-order chi connectivity index (χ0) is 23.1. The molecule has 174 valence electrons. The largest absolute Gasteiger partial charge is 0.486 e. The summed E-state index contributed by atoms with van der Waals surface area (Å²) in [6, 6.07) is 19.0. The molecule has 3 heterocycles. The van der Waals surface area contributed by atoms with E-state index in [1.807, 2.05) is 30.3 Å². The molecule has 6 rings (SSSR count). The number of hydrogen-bond acceptors (Lipinski definition) is 5. The van der Waals surface area contributed by atoms with Crippen LogP contribution in [0.1, 0.15) is 43.9 Å². The van der Waals surface area contributed by atoms with Gasteiger partial charge >= 0.3 is 0 Å². The number of nitrogens with zero attached hydrogens (tertiary/aromatic N) is 4. The zero-order valence-electron chi connectivity index (χ0n) is 19.6. The number of benzene rings is 2. The lowest BCUT2D eigenvalue weighted by Gasteiger charge is -2.42. The standard InChI is InChI=1S/C28H31N5O/c1-19(21-7-3-2-4-8-21)34-24-10-5-9-22(15-24)25-17-33(28-26(25)27(29)30-18-31-28)23-13-20(14-23)16-32-11-6-12-32/h2-5,7-10,15,17-20,23H,6,11-14,16H2,1H3,(H2,29,30,31). The lowest BCUT2D eigenvalue weighted by molar-refractivity contribution is 0.0921. The molecule has 6 nitrogen and oxygen atoms in total. The van der Waals surface area contributed by atoms with Gasteiger partial charge in [-0.1, -0.05) is 42.5 Å². The summed E-state index contributed by atoms with van der Waals surface area (Å²) in [5, 5.41) is 0.932. The molecule has 2 N–H and O–H groups in total. The second kappa shape index (κ2) is 8.76. The zero-order valence-corrected chi connectivity index (χ0v) is 19.6. The minimum atomic E-state index is -0.0375. The molecule has 2 fully saturated rings. The second-order valence-corrected chi connectivity index (χ2v) is 9.75. The van der Waals surface area contributed by atoms with Crippen molar-refractivity contribution in [1.82, 2.24) is 19.4 Å². The number of hydrogen-bond donors (Lipinski definition) is 1. The fraction of sp³-hybridized carbons (Fsp3) is 0.357. The maximum atomic E-state index is 6.38. The van der Waals surface area contributed by atoms with Crippen LogP contribution in [0.5, 0.6) is 5.75 Å². The van der Waals surface area contributed by atoms with Gasteiger partial charge in [0.15, 0.2) is 0 Å². The topological polar surface area (TPSA) is 69.2 Å². The fourth-order valence-corrected chi connectivity index (χ4v) is 5.34. The summed E-state index contributed by atoms with van der Waals surface area (Å²) in [5.41, 5.74) is 10.6. The number of rotatable bonds is 7. The van der Waals surface area contributed by atoms with E-state index < -0.39 is 0 Å². The quantitative estimate of drug-likeness (QED) is 0.401. The Kier molecular flexibility index (Phi) is 5.46. The Bertz CT molecular complexity index is 1290. The van der Waals surface area contributed by atoms with Crippen molar-refractivity contribution in [3.05, 3.63) is 72.7 Å². The van der Waals surface area contributed by atoms with E-state index in [0.717, 1.165) is 39.4 Å². The van der Waals surface area contributed by atoms with Crippen molar-refractivity contribution >= 4 is 16.9 Å². The number of fused-ring (bicyclic) bond motifs is 1. The van der Waals surface area contributed by atoms with Gasteiger partial charge in [0.25, 0.3) is 0 Å². The monoisotopic (exact) mass is 453 g/mol. The Morgan fingerprint density at radius 3 is 2.65 bits per heavy atom. The van der Waals surface area contributed by atoms with Crippen LogP contribution in [0.3, 0.4) is 0 Å². The van der Waals surface area contributed by atoms with E-state index in [4.69, 9.17) is 10.5 Å². The summed E-state index contributed by atoms with van der Waals surface area (Å²) in [6.45, 7) is 5.84. The number of ether oxygens (including phenoxy) is 1. The first-order valence-corrected chi connectivity index (χ1v) is 12.3. The van der Waals surface area contributed by atoms with Crippen LogP contribution in [-0.4, -0.2) is 39.1 Å². The molecule has 34 heavy (non-hydrogen) atoms. The van der Waals surface area contributed by atoms with Gasteiger partial charge in [-0.15, -0.1) is 0 Å². The molecule has 0 bridgehead atoms. The number of nitrogens with two attached hydrogens (primary N) is 1. The highest BCUT2D eigenvalue weighted by molar-refractivity contribution is 6.00. The van der Waals surface area contributed by atoms with Gasteiger partial charge in [0.1, 0.15) is 29.6 Å². The van der Waals surface area contributed by atoms with Crippen LogP contribution in [-0.2, 0) is 0 Å². The summed E-state index contributed by atoms with van der Waals surface area (Å²) in [5.74, 6) is 2.14. The average Bonchev–Trinajstić information content (AvgIpc) is 3.18. The Balaban J connectivity index is 1.28. The maximum absolute atomic E-state index is 6.38. The molecule has 6 heteroatoms. The van der Waals surface area contributed by atoms with Gasteiger partial charge in [0.05, 0.1) is 5.39 Å². The third-order valence-corrected chi connectivity index (χ3v) is 7.43. The van der Waals surface area contributed by atoms with Crippen LogP contribution in [0.2, 0.25) is 0 Å². The molecule has 4 aromatic rings. The first-order chi connectivity index (χ1) is 16.7. The van der Waals surface area contributed by atoms with Crippen molar-refractivity contribution in [1.29, 1.82) is 0 Å². The highest BCUT2D eigenvalue weighted by Gasteiger charge is 2.34. The molecule has 1 aliphatic carbocycles. The lowest BCUT2D eigenvalue weighted by Crippen LogP contribution is -2.43. The molecular weight excluding hydrogens is 422 g/mol. The molecule has 1 aliphatic heterocycles. The molecule has 1 saturated heterocycles. The van der Waals surface area contributed by atoms with Crippen molar-refractivity contribution in [3.8, 4) is 16.9 Å². The lowest BCUT2D eigenvalue weighted by atomic mass is 9.79. The average molecular weight is 454 g/mol. The van der Waals surface area contributed by atoms with Gasteiger partial charge in [0.2, 0.25) is 0 Å². The predicted molar refractivity (Wildman–Crippen MR) is 136 cm³/mol. The number of anilines is 1. The highest BCUT2D eigenvalue weighted by atomic mass is 16.5. The third-order valence-electron chi connectivity index (χ3n) is 7.43. The summed E-state index contributed by atoms with van der Waals surface area (Å²) in [7, 11) is 0. The minimum Gasteiger partial charge on any atom is -0.486 e. The molecule has 1 saturated carbocycles. The number of nitrogen functional groups attached to an aromatic ring is 1. The molecule has 0 radical (unpaired) electrons. The van der Waals surface area contributed by atoms with Crippen molar-refractivity contribution < 1.29 is 4.74 Å². The fourth-order valence-electron chi connectivity index (χ4n) is 5.34. The molecule has 1 unspecified atom stereocenters. The van der Waals surface area contributed by atoms with E-state index in [0.29, 0.717) is 11.9 Å². The minimum absolute atomic E-state index is 0.0375. The van der Waals surface area contributed by atoms with Gasteiger partial charge < -0.3 is 19.9 Å². The first kappa shape index (κ1) is 21.2. The molecule has 2 aromatic heterocycles. The van der Waals surface area contributed by atoms with E-state index in [1.54, 1.807) is 6.33 Å². The van der Waals surface area contributed by atoms with E-state index >= 15 is 0 Å². The van der Waals surface area contributed by atoms with Crippen molar-refractivity contribution in [2.24, 2.45) is 5.92 Å². The van der Waals surface area contributed by atoms with Crippen molar-refractivity contribution in [2.75, 3.05) is 25.4 Å². The first-order valence-electron chi connectivity index (χ1n) is 12.3. The van der Waals surface area contributed by atoms with Gasteiger partial charge in [-0.25, -0.2) is 9.97 Å². The van der Waals surface area contributed by atoms with Crippen molar-refractivity contribution in [2.45, 2.75) is 38.3 Å². The van der Waals surface area contributed by atoms with Crippen LogP contribution in [0.4, 0.5) is 5.82 Å². The summed E-state index contributed by atoms with van der Waals surface area (Å²) in [4.78, 5) is 11.5. The smallest absolute Gasteiger partial charge is 0.146 e. The summed E-state index contributed by atoms with van der Waals surface area (Å²) in [6.07, 6.45) is 7.51. The van der Waals surface area contributed by atoms with Gasteiger partial charge in [-0.2, -0.15) is 0 Å². The molecule has 1 atom stereocenters. The van der Waals surface area contributed by atoms with Gasteiger partial charge in [-0.05, 0) is 68.5 Å². The van der Waals surface area contributed by atoms with Gasteiger partial charge in [0, 0.05) is 24.3 Å². The van der Waals surface area contributed by atoms with Crippen molar-refractivity contribution in [3.63, 3.8) is 0 Å². The Morgan fingerprint density at radius 1 is 1.06 bits per heavy atom. The Morgan fingerprint density at radius 2 is 1.88 bits per heavy atom. The SMILES string of the molecule is CC(Oc1cccc(-c2cn(C3CC(CN4CCC4)C3)c3ncnc(N)c23)c1)c1ccccc1. The maximum Gasteiger partial charge on any atom is 0.146 e. The van der Waals surface area contributed by atoms with Crippen LogP contribution in [0.15, 0.2) is 67.1 Å². The molecule has 0 spiro atoms. The highest BCUT2D eigenvalue weighted by Crippen LogP contribution is 2.43. The third kappa shape index (κ3) is 3.92. The van der Waals surface area contributed by atoms with Crippen LogP contribution in [0.25, 0.3) is 22.2 Å². The number of likely N-dealkylation sites (tertiary alicyclic amines) is 1. The normalized spacial score (nSPS) is 21.1. The Hall–Kier alpha value is -3.38. The van der Waals surface area contributed by atoms with Crippen LogP contribution < -0.4 is 10.5 Å². The summed E-state index contributed by atoms with van der Waals surface area (Å²) < 4.78 is 8.61. The molecule has 0 amide bonds. The van der Waals surface area contributed by atoms with E-state index in [9.17, 15) is 0 Å². The molecule has 2 aromatic carbocycles. The summed E-state index contributed by atoms with van der Waals surface area (Å²) >= 11 is 0. The molecule has 2 aliphatic rings. The Labute approximate surface area is 200 Å². The van der Waals surface area contributed by atoms with E-state index in [2.05, 4.69) is 56.8 Å². The van der Waals surface area contributed by atoms with E-state index in [-0.39, 0.29) is 6.10 Å². The van der Waals surface area contributed by atoms with Crippen LogP contribution in [0, 0.1) is 5.92 Å². The second-order valence-electron chi connectivity index (χ2n) is 9.75. The molecular formula is C28H31N5O.